The van der Waals surface area contributed by atoms with Crippen LogP contribution in [0.25, 0.3) is 0 Å². The quantitative estimate of drug-likeness (QED) is 0.131. The molecule has 1 rings (SSSR count). The van der Waals surface area contributed by atoms with Crippen LogP contribution in [-0.2, 0) is 52.2 Å². The third kappa shape index (κ3) is 7.54. The summed E-state index contributed by atoms with van der Waals surface area (Å²) in [5, 5.41) is 11.4. The molecule has 0 spiro atoms. The van der Waals surface area contributed by atoms with E-state index in [0.717, 1.165) is 7.11 Å². The minimum Gasteiger partial charge on any atom is -0.353 e. The monoisotopic (exact) mass is 432 g/mol. The maximum Gasteiger partial charge on any atom is 0.397 e. The van der Waals surface area contributed by atoms with Gasteiger partial charge in [0.2, 0.25) is 0 Å². The van der Waals surface area contributed by atoms with Gasteiger partial charge in [0.25, 0.3) is 0 Å². The zero-order valence-corrected chi connectivity index (χ0v) is 15.1. The Labute approximate surface area is 147 Å². The molecule has 1 saturated heterocycles. The normalized spacial score (nSPS) is 31.2. The van der Waals surface area contributed by atoms with Gasteiger partial charge < -0.3 is 9.47 Å². The van der Waals surface area contributed by atoms with E-state index in [1.165, 1.54) is 0 Å². The van der Waals surface area contributed by atoms with Crippen molar-refractivity contribution >= 4 is 33.1 Å². The van der Waals surface area contributed by atoms with Crippen molar-refractivity contribution in [2.45, 2.75) is 44.1 Å². The Morgan fingerprint density at radius 1 is 1.04 bits per heavy atom. The van der Waals surface area contributed by atoms with Crippen LogP contribution in [0, 0.1) is 0 Å². The molecule has 5 unspecified atom stereocenters. The van der Waals surface area contributed by atoms with Gasteiger partial charge in [0, 0.05) is 7.11 Å². The van der Waals surface area contributed by atoms with Crippen LogP contribution in [0.3, 0.4) is 0 Å². The fourth-order valence-electron chi connectivity index (χ4n) is 2.08. The first-order valence-corrected chi connectivity index (χ1v) is 9.72. The molecule has 0 aromatic rings. The van der Waals surface area contributed by atoms with Crippen LogP contribution in [0.1, 0.15) is 13.3 Å². The maximum absolute atomic E-state index is 11.1. The Morgan fingerprint density at radius 3 is 2.04 bits per heavy atom. The van der Waals surface area contributed by atoms with E-state index < -0.39 is 51.5 Å². The predicted octanol–water partition coefficient (Wildman–Crippen LogP) is -0.487. The van der Waals surface area contributed by atoms with Crippen LogP contribution in [0.2, 0.25) is 0 Å². The highest BCUT2D eigenvalue weighted by Gasteiger charge is 2.52. The molecule has 0 amide bonds. The second-order valence-corrected chi connectivity index (χ2v) is 7.00. The standard InChI is InChI=1S/C8H16O14S3/c1-3-4-5(18-23-22-21-9)6(19-24(10,11)12)7(8(16-2)17-4)20-25(13,14)15/h4-9H,3H2,1-2H3,(H,10,11,12)(H,13,14,15). The van der Waals surface area contributed by atoms with Crippen LogP contribution in [0.4, 0.5) is 0 Å². The van der Waals surface area contributed by atoms with E-state index in [1.807, 2.05) is 0 Å². The van der Waals surface area contributed by atoms with Gasteiger partial charge in [-0.15, -0.1) is 4.33 Å². The van der Waals surface area contributed by atoms with Crippen molar-refractivity contribution in [1.82, 2.24) is 0 Å². The first-order chi connectivity index (χ1) is 11.5. The van der Waals surface area contributed by atoms with Crippen LogP contribution in [0.5, 0.6) is 0 Å². The van der Waals surface area contributed by atoms with E-state index in [1.54, 1.807) is 6.92 Å². The van der Waals surface area contributed by atoms with E-state index in [0.29, 0.717) is 0 Å². The molecule has 1 aliphatic rings. The lowest BCUT2D eigenvalue weighted by molar-refractivity contribution is -0.435. The summed E-state index contributed by atoms with van der Waals surface area (Å²) < 4.78 is 90.0. The van der Waals surface area contributed by atoms with Gasteiger partial charge in [-0.25, -0.2) is 13.6 Å². The average Bonchev–Trinajstić information content (AvgIpc) is 2.47. The maximum atomic E-state index is 11.1. The molecular formula is C8H16O14S3. The van der Waals surface area contributed by atoms with Crippen molar-refractivity contribution in [3.63, 3.8) is 0 Å². The zero-order valence-electron chi connectivity index (χ0n) is 12.7. The van der Waals surface area contributed by atoms with Crippen LogP contribution < -0.4 is 0 Å². The van der Waals surface area contributed by atoms with Gasteiger partial charge in [0.15, 0.2) is 24.7 Å². The van der Waals surface area contributed by atoms with Crippen molar-refractivity contribution in [2.24, 2.45) is 0 Å². The van der Waals surface area contributed by atoms with E-state index in [9.17, 15) is 16.8 Å². The lowest BCUT2D eigenvalue weighted by Crippen LogP contribution is -2.60. The first kappa shape index (κ1) is 22.9. The molecule has 14 nitrogen and oxygen atoms in total. The number of methoxy groups -OCH3 is 1. The number of hydrogen-bond donors (Lipinski definition) is 3. The molecule has 0 bridgehead atoms. The Kier molecular flexibility index (Phi) is 8.87. The molecule has 0 aromatic heterocycles. The molecule has 3 N–H and O–H groups in total. The Bertz CT molecular complexity index is 604. The molecule has 0 aliphatic carbocycles. The molecule has 150 valence electrons. The fraction of sp³-hybridized carbons (Fsp3) is 1.00. The molecule has 1 fully saturated rings. The topological polar surface area (TPSA) is 194 Å². The van der Waals surface area contributed by atoms with Gasteiger partial charge in [0.1, 0.15) is 12.2 Å². The van der Waals surface area contributed by atoms with Crippen molar-refractivity contribution < 1.29 is 62.6 Å². The van der Waals surface area contributed by atoms with Crippen LogP contribution >= 0.6 is 12.3 Å². The van der Waals surface area contributed by atoms with E-state index in [-0.39, 0.29) is 18.7 Å². The fourth-order valence-corrected chi connectivity index (χ4v) is 3.44. The zero-order chi connectivity index (χ0) is 19.3. The van der Waals surface area contributed by atoms with E-state index in [2.05, 4.69) is 17.7 Å². The lowest BCUT2D eigenvalue weighted by Gasteiger charge is -2.42. The summed E-state index contributed by atoms with van der Waals surface area (Å²) in [6, 6.07) is 0. The van der Waals surface area contributed by atoms with Gasteiger partial charge in [0.05, 0.1) is 6.10 Å². The summed E-state index contributed by atoms with van der Waals surface area (Å²) in [6.07, 6.45) is -7.51. The third-order valence-corrected chi connectivity index (χ3v) is 4.25. The van der Waals surface area contributed by atoms with E-state index >= 15 is 0 Å². The smallest absolute Gasteiger partial charge is 0.353 e. The van der Waals surface area contributed by atoms with E-state index in [4.69, 9.17) is 28.0 Å². The molecule has 25 heavy (non-hydrogen) atoms. The molecule has 0 saturated carbocycles. The summed E-state index contributed by atoms with van der Waals surface area (Å²) in [6.45, 7) is 1.59. The second-order valence-electron chi connectivity index (χ2n) is 4.44. The summed E-state index contributed by atoms with van der Waals surface area (Å²) in [4.78, 5) is 0. The lowest BCUT2D eigenvalue weighted by atomic mass is 9.97. The van der Waals surface area contributed by atoms with Gasteiger partial charge >= 0.3 is 20.8 Å². The van der Waals surface area contributed by atoms with Gasteiger partial charge in [-0.3, -0.25) is 13.3 Å². The van der Waals surface area contributed by atoms with Crippen LogP contribution in [-0.4, -0.2) is 69.0 Å². The van der Waals surface area contributed by atoms with Crippen molar-refractivity contribution in [3.05, 3.63) is 0 Å². The highest BCUT2D eigenvalue weighted by molar-refractivity contribution is 7.89. The summed E-state index contributed by atoms with van der Waals surface area (Å²) in [7, 11) is -9.14. The molecule has 0 radical (unpaired) electrons. The molecular weight excluding hydrogens is 416 g/mol. The number of rotatable bonds is 10. The third-order valence-electron chi connectivity index (χ3n) is 2.90. The molecule has 1 heterocycles. The van der Waals surface area contributed by atoms with Gasteiger partial charge in [-0.05, 0) is 6.42 Å². The van der Waals surface area contributed by atoms with Crippen LogP contribution in [0.15, 0.2) is 0 Å². The van der Waals surface area contributed by atoms with Crippen molar-refractivity contribution in [2.75, 3.05) is 7.11 Å². The predicted molar refractivity (Wildman–Crippen MR) is 76.1 cm³/mol. The number of ether oxygens (including phenoxy) is 2. The molecule has 0 aromatic carbocycles. The Morgan fingerprint density at radius 2 is 1.60 bits per heavy atom. The summed E-state index contributed by atoms with van der Waals surface area (Å²) in [5.74, 6) is 0. The average molecular weight is 432 g/mol. The molecule has 1 aliphatic heterocycles. The second kappa shape index (κ2) is 9.69. The van der Waals surface area contributed by atoms with Gasteiger partial charge in [-0.2, -0.15) is 16.8 Å². The molecule has 5 atom stereocenters. The minimum absolute atomic E-state index is 0.0205. The summed E-state index contributed by atoms with van der Waals surface area (Å²) >= 11 is 0.0205. The Balaban J connectivity index is 3.22. The Hall–Kier alpha value is -0.150. The highest BCUT2D eigenvalue weighted by atomic mass is 32.3. The van der Waals surface area contributed by atoms with Crippen molar-refractivity contribution in [3.8, 4) is 0 Å². The minimum atomic E-state index is -5.12. The van der Waals surface area contributed by atoms with Gasteiger partial charge in [-0.1, -0.05) is 12.0 Å². The summed E-state index contributed by atoms with van der Waals surface area (Å²) in [5.41, 5.74) is 0. The SMILES string of the molecule is CCC1OC(OC)C(OS(=O)(=O)O)C(OS(=O)(=O)O)C1OSOOO. The van der Waals surface area contributed by atoms with Crippen molar-refractivity contribution in [1.29, 1.82) is 0 Å². The number of hydrogen-bond acceptors (Lipinski definition) is 13. The first-order valence-electron chi connectivity index (χ1n) is 6.32. The highest BCUT2D eigenvalue weighted by Crippen LogP contribution is 2.33. The molecule has 17 heteroatoms. The largest absolute Gasteiger partial charge is 0.397 e.